The summed E-state index contributed by atoms with van der Waals surface area (Å²) in [6.07, 6.45) is 0.0859. The van der Waals surface area contributed by atoms with E-state index in [2.05, 4.69) is 15.7 Å². The van der Waals surface area contributed by atoms with Crippen molar-refractivity contribution in [2.24, 2.45) is 0 Å². The molecular formula is C10H18N2O2S. The van der Waals surface area contributed by atoms with E-state index in [1.54, 1.807) is 25.6 Å². The van der Waals surface area contributed by atoms with E-state index >= 15 is 0 Å². The lowest BCUT2D eigenvalue weighted by atomic mass is 10.4. The van der Waals surface area contributed by atoms with Crippen LogP contribution < -0.4 is 5.32 Å². The monoisotopic (exact) mass is 230 g/mol. The van der Waals surface area contributed by atoms with Gasteiger partial charge in [0.1, 0.15) is 11.1 Å². The summed E-state index contributed by atoms with van der Waals surface area (Å²) in [5.41, 5.74) is 1.06. The van der Waals surface area contributed by atoms with E-state index in [1.165, 1.54) is 0 Å². The molecule has 0 saturated carbocycles. The van der Waals surface area contributed by atoms with Gasteiger partial charge in [-0.05, 0) is 6.92 Å². The molecule has 0 radical (unpaired) electrons. The lowest BCUT2D eigenvalue weighted by molar-refractivity contribution is 0.119. The normalized spacial score (nSPS) is 13.0. The van der Waals surface area contributed by atoms with E-state index in [1.807, 2.05) is 6.92 Å². The van der Waals surface area contributed by atoms with E-state index in [0.717, 1.165) is 30.4 Å². The minimum absolute atomic E-state index is 0.0859. The van der Waals surface area contributed by atoms with E-state index in [0.29, 0.717) is 0 Å². The van der Waals surface area contributed by atoms with Crippen molar-refractivity contribution in [2.45, 2.75) is 19.6 Å². The molecule has 1 unspecified atom stereocenters. The minimum atomic E-state index is 0.0859. The zero-order valence-corrected chi connectivity index (χ0v) is 10.3. The van der Waals surface area contributed by atoms with Gasteiger partial charge in [0.25, 0.3) is 0 Å². The van der Waals surface area contributed by atoms with Crippen LogP contribution in [0.15, 0.2) is 5.38 Å². The van der Waals surface area contributed by atoms with Crippen LogP contribution in [-0.4, -0.2) is 32.4 Å². The van der Waals surface area contributed by atoms with Crippen molar-refractivity contribution < 1.29 is 9.47 Å². The predicted molar refractivity (Wildman–Crippen MR) is 61.1 cm³/mol. The van der Waals surface area contributed by atoms with Gasteiger partial charge in [-0.3, -0.25) is 0 Å². The molecular weight excluding hydrogens is 212 g/mol. The molecule has 0 aliphatic heterocycles. The lowest BCUT2D eigenvalue weighted by Gasteiger charge is -2.04. The minimum Gasteiger partial charge on any atom is -0.383 e. The fourth-order valence-electron chi connectivity index (χ4n) is 1.08. The number of methoxy groups -OCH3 is 2. The highest BCUT2D eigenvalue weighted by Crippen LogP contribution is 2.19. The van der Waals surface area contributed by atoms with Crippen LogP contribution in [0.25, 0.3) is 0 Å². The molecule has 0 fully saturated rings. The van der Waals surface area contributed by atoms with Gasteiger partial charge in [0, 0.05) is 32.7 Å². The summed E-state index contributed by atoms with van der Waals surface area (Å²) in [4.78, 5) is 4.47. The van der Waals surface area contributed by atoms with Crippen molar-refractivity contribution in [3.05, 3.63) is 16.1 Å². The molecule has 15 heavy (non-hydrogen) atoms. The molecule has 4 nitrogen and oxygen atoms in total. The zero-order valence-electron chi connectivity index (χ0n) is 9.45. The first kappa shape index (κ1) is 12.6. The maximum Gasteiger partial charge on any atom is 0.122 e. The standard InChI is InChI=1S/C10H18N2O2S/c1-8(14-3)10-12-9(7-15-10)6-11-4-5-13-2/h7-8,11H,4-6H2,1-3H3. The summed E-state index contributed by atoms with van der Waals surface area (Å²) < 4.78 is 10.1. The molecule has 5 heteroatoms. The third-order valence-corrected chi connectivity index (χ3v) is 3.11. The lowest BCUT2D eigenvalue weighted by Crippen LogP contribution is -2.18. The number of aromatic nitrogens is 1. The highest BCUT2D eigenvalue weighted by Gasteiger charge is 2.08. The molecule has 0 saturated heterocycles. The Morgan fingerprint density at radius 1 is 1.53 bits per heavy atom. The summed E-state index contributed by atoms with van der Waals surface area (Å²) in [6, 6.07) is 0. The molecule has 1 rings (SSSR count). The highest BCUT2D eigenvalue weighted by molar-refractivity contribution is 7.09. The zero-order chi connectivity index (χ0) is 11.1. The molecule has 0 amide bonds. The molecule has 0 aromatic carbocycles. The second-order valence-electron chi connectivity index (χ2n) is 3.22. The molecule has 1 aromatic rings. The van der Waals surface area contributed by atoms with Crippen molar-refractivity contribution in [2.75, 3.05) is 27.4 Å². The Morgan fingerprint density at radius 3 is 3.00 bits per heavy atom. The van der Waals surface area contributed by atoms with Gasteiger partial charge in [-0.2, -0.15) is 0 Å². The fraction of sp³-hybridized carbons (Fsp3) is 0.700. The van der Waals surface area contributed by atoms with Crippen molar-refractivity contribution in [3.8, 4) is 0 Å². The van der Waals surface area contributed by atoms with Gasteiger partial charge in [0.2, 0.25) is 0 Å². The van der Waals surface area contributed by atoms with Gasteiger partial charge in [-0.15, -0.1) is 11.3 Å². The molecule has 0 bridgehead atoms. The Morgan fingerprint density at radius 2 is 2.33 bits per heavy atom. The Labute approximate surface area is 94.6 Å². The number of thiazole rings is 1. The van der Waals surface area contributed by atoms with Crippen molar-refractivity contribution in [3.63, 3.8) is 0 Å². The molecule has 86 valence electrons. The summed E-state index contributed by atoms with van der Waals surface area (Å²) >= 11 is 1.64. The van der Waals surface area contributed by atoms with Gasteiger partial charge in [-0.25, -0.2) is 4.98 Å². The van der Waals surface area contributed by atoms with Gasteiger partial charge in [-0.1, -0.05) is 0 Å². The van der Waals surface area contributed by atoms with Gasteiger partial charge < -0.3 is 14.8 Å². The number of hydrogen-bond donors (Lipinski definition) is 1. The number of ether oxygens (including phenoxy) is 2. The average molecular weight is 230 g/mol. The Hall–Kier alpha value is -0.490. The largest absolute Gasteiger partial charge is 0.383 e. The number of hydrogen-bond acceptors (Lipinski definition) is 5. The van der Waals surface area contributed by atoms with Crippen LogP contribution in [0, 0.1) is 0 Å². The van der Waals surface area contributed by atoms with Crippen LogP contribution in [0.4, 0.5) is 0 Å². The molecule has 1 N–H and O–H groups in total. The Bertz CT molecular complexity index is 278. The van der Waals surface area contributed by atoms with E-state index in [9.17, 15) is 0 Å². The summed E-state index contributed by atoms with van der Waals surface area (Å²) in [5.74, 6) is 0. The molecule has 0 aliphatic rings. The SMILES string of the molecule is COCCNCc1csc(C(C)OC)n1. The third kappa shape index (κ3) is 4.25. The van der Waals surface area contributed by atoms with Crippen LogP contribution >= 0.6 is 11.3 Å². The third-order valence-electron chi connectivity index (χ3n) is 2.06. The smallest absolute Gasteiger partial charge is 0.122 e. The first-order valence-corrected chi connectivity index (χ1v) is 5.82. The number of rotatable bonds is 7. The summed E-state index contributed by atoms with van der Waals surface area (Å²) in [6.45, 7) is 4.37. The van der Waals surface area contributed by atoms with Gasteiger partial charge in [0.15, 0.2) is 0 Å². The van der Waals surface area contributed by atoms with E-state index in [-0.39, 0.29) is 6.10 Å². The predicted octanol–water partition coefficient (Wildman–Crippen LogP) is 1.59. The van der Waals surface area contributed by atoms with Crippen molar-refractivity contribution in [1.29, 1.82) is 0 Å². The topological polar surface area (TPSA) is 43.4 Å². The second-order valence-corrected chi connectivity index (χ2v) is 4.11. The van der Waals surface area contributed by atoms with Crippen LogP contribution in [0.1, 0.15) is 23.7 Å². The number of nitrogens with zero attached hydrogens (tertiary/aromatic N) is 1. The summed E-state index contributed by atoms with van der Waals surface area (Å²) in [7, 11) is 3.39. The van der Waals surface area contributed by atoms with E-state index < -0.39 is 0 Å². The van der Waals surface area contributed by atoms with Gasteiger partial charge >= 0.3 is 0 Å². The van der Waals surface area contributed by atoms with Crippen molar-refractivity contribution in [1.82, 2.24) is 10.3 Å². The van der Waals surface area contributed by atoms with Gasteiger partial charge in [0.05, 0.1) is 12.3 Å². The molecule has 0 aliphatic carbocycles. The Balaban J connectivity index is 2.33. The molecule has 0 spiro atoms. The Kier molecular flexibility index (Phi) is 5.78. The van der Waals surface area contributed by atoms with Crippen LogP contribution in [0.3, 0.4) is 0 Å². The van der Waals surface area contributed by atoms with Crippen LogP contribution in [0.2, 0.25) is 0 Å². The van der Waals surface area contributed by atoms with Crippen LogP contribution in [-0.2, 0) is 16.0 Å². The quantitative estimate of drug-likeness (QED) is 0.722. The van der Waals surface area contributed by atoms with E-state index in [4.69, 9.17) is 9.47 Å². The first-order chi connectivity index (χ1) is 7.27. The molecule has 1 heterocycles. The molecule has 1 atom stereocenters. The average Bonchev–Trinajstić information content (AvgIpc) is 2.72. The highest BCUT2D eigenvalue weighted by atomic mass is 32.1. The molecule has 1 aromatic heterocycles. The summed E-state index contributed by atoms with van der Waals surface area (Å²) in [5, 5.41) is 6.34. The van der Waals surface area contributed by atoms with Crippen LogP contribution in [0.5, 0.6) is 0 Å². The number of nitrogens with one attached hydrogen (secondary N) is 1. The maximum atomic E-state index is 5.20. The maximum absolute atomic E-state index is 5.20. The first-order valence-electron chi connectivity index (χ1n) is 4.94. The second kappa shape index (κ2) is 6.90. The van der Waals surface area contributed by atoms with Crippen molar-refractivity contribution >= 4 is 11.3 Å². The fourth-order valence-corrected chi connectivity index (χ4v) is 1.93.